The van der Waals surface area contributed by atoms with Gasteiger partial charge in [-0.3, -0.25) is 25.0 Å². The Labute approximate surface area is 179 Å². The number of carbonyl (C=O) groups excluding carboxylic acids is 2. The van der Waals surface area contributed by atoms with E-state index in [2.05, 4.69) is 20.8 Å². The number of thioether (sulfide) groups is 1. The Balaban J connectivity index is 1.45. The highest BCUT2D eigenvalue weighted by Gasteiger charge is 2.11. The third kappa shape index (κ3) is 6.50. The minimum Gasteiger partial charge on any atom is -0.325 e. The molecule has 0 aliphatic carbocycles. The van der Waals surface area contributed by atoms with Gasteiger partial charge in [0, 0.05) is 23.9 Å². The number of non-ortho nitro benzene ring substituents is 1. The molecule has 3 rings (SSSR count). The lowest BCUT2D eigenvalue weighted by molar-refractivity contribution is -0.384. The number of carbonyl (C=O) groups is 2. The van der Waals surface area contributed by atoms with Crippen LogP contribution in [0.5, 0.6) is 0 Å². The van der Waals surface area contributed by atoms with Crippen molar-refractivity contribution in [1.29, 1.82) is 0 Å². The molecule has 2 amide bonds. The Hall–Kier alpha value is -3.57. The summed E-state index contributed by atoms with van der Waals surface area (Å²) < 4.78 is 0.524. The molecule has 0 atom stereocenters. The van der Waals surface area contributed by atoms with Gasteiger partial charge in [0.1, 0.15) is 0 Å². The average Bonchev–Trinajstić information content (AvgIpc) is 3.19. The number of anilines is 2. The number of nitro benzene ring substituents is 1. The number of aromatic nitrogens is 2. The van der Waals surface area contributed by atoms with Gasteiger partial charge in [-0.2, -0.15) is 0 Å². The topological polar surface area (TPSA) is 127 Å². The first kappa shape index (κ1) is 21.1. The van der Waals surface area contributed by atoms with Crippen molar-refractivity contribution >= 4 is 57.5 Å². The summed E-state index contributed by atoms with van der Waals surface area (Å²) in [6.07, 6.45) is 3.09. The molecule has 0 fully saturated rings. The van der Waals surface area contributed by atoms with Crippen molar-refractivity contribution in [2.45, 2.75) is 4.34 Å². The lowest BCUT2D eigenvalue weighted by atomic mass is 10.2. The van der Waals surface area contributed by atoms with Crippen LogP contribution in [0.2, 0.25) is 0 Å². The summed E-state index contributed by atoms with van der Waals surface area (Å²) in [7, 11) is 0. The van der Waals surface area contributed by atoms with Gasteiger partial charge in [0.05, 0.1) is 10.7 Å². The quantitative estimate of drug-likeness (QED) is 0.179. The van der Waals surface area contributed by atoms with Crippen LogP contribution >= 0.6 is 23.1 Å². The van der Waals surface area contributed by atoms with E-state index in [0.717, 1.165) is 16.9 Å². The molecule has 30 heavy (non-hydrogen) atoms. The minimum absolute atomic E-state index is 0.0515. The molecule has 152 valence electrons. The standard InChI is InChI=1S/C19H15N5O4S2/c25-16(11-6-13-4-2-1-3-5-13)21-18-22-23-19(30-18)29-12-17(26)20-14-7-9-15(10-8-14)24(27)28/h1-11H,12H2,(H,20,26)(H,21,22,25). The first-order valence-electron chi connectivity index (χ1n) is 8.54. The van der Waals surface area contributed by atoms with Crippen molar-refractivity contribution in [3.8, 4) is 0 Å². The molecule has 11 heteroatoms. The second-order valence-electron chi connectivity index (χ2n) is 5.75. The van der Waals surface area contributed by atoms with E-state index in [1.807, 2.05) is 30.3 Å². The van der Waals surface area contributed by atoms with Crippen molar-refractivity contribution in [3.63, 3.8) is 0 Å². The number of amides is 2. The van der Waals surface area contributed by atoms with E-state index < -0.39 is 4.92 Å². The molecule has 0 aliphatic rings. The van der Waals surface area contributed by atoms with Crippen LogP contribution in [-0.4, -0.2) is 32.7 Å². The predicted molar refractivity (Wildman–Crippen MR) is 116 cm³/mol. The maximum atomic E-state index is 12.0. The number of benzene rings is 2. The van der Waals surface area contributed by atoms with E-state index in [1.54, 1.807) is 6.08 Å². The summed E-state index contributed by atoms with van der Waals surface area (Å²) in [4.78, 5) is 34.1. The Morgan fingerprint density at radius 3 is 2.50 bits per heavy atom. The zero-order valence-electron chi connectivity index (χ0n) is 15.3. The molecule has 0 radical (unpaired) electrons. The molecule has 9 nitrogen and oxygen atoms in total. The smallest absolute Gasteiger partial charge is 0.269 e. The van der Waals surface area contributed by atoms with Crippen molar-refractivity contribution in [1.82, 2.24) is 10.2 Å². The van der Waals surface area contributed by atoms with Crippen LogP contribution in [0.4, 0.5) is 16.5 Å². The predicted octanol–water partition coefficient (Wildman–Crippen LogP) is 3.83. The Bertz CT molecular complexity index is 1070. The molecule has 2 N–H and O–H groups in total. The lowest BCUT2D eigenvalue weighted by Gasteiger charge is -2.03. The van der Waals surface area contributed by atoms with Gasteiger partial charge in [-0.05, 0) is 23.8 Å². The van der Waals surface area contributed by atoms with E-state index >= 15 is 0 Å². The first-order valence-corrected chi connectivity index (χ1v) is 10.3. The normalized spacial score (nSPS) is 10.7. The fourth-order valence-electron chi connectivity index (χ4n) is 2.19. The first-order chi connectivity index (χ1) is 14.5. The third-order valence-electron chi connectivity index (χ3n) is 3.55. The van der Waals surface area contributed by atoms with Crippen LogP contribution in [0, 0.1) is 10.1 Å². The number of nitrogens with one attached hydrogen (secondary N) is 2. The number of rotatable bonds is 8. The van der Waals surface area contributed by atoms with Gasteiger partial charge >= 0.3 is 0 Å². The third-order valence-corrected chi connectivity index (χ3v) is 5.52. The second-order valence-corrected chi connectivity index (χ2v) is 7.95. The molecule has 1 aromatic heterocycles. The van der Waals surface area contributed by atoms with Gasteiger partial charge < -0.3 is 5.32 Å². The van der Waals surface area contributed by atoms with Crippen LogP contribution in [0.15, 0.2) is 65.0 Å². The molecule has 0 saturated heterocycles. The fraction of sp³-hybridized carbons (Fsp3) is 0.0526. The molecule has 3 aromatic rings. The molecule has 1 heterocycles. The Kier molecular flexibility index (Phi) is 7.24. The summed E-state index contributed by atoms with van der Waals surface area (Å²) >= 11 is 2.33. The summed E-state index contributed by atoms with van der Waals surface area (Å²) in [5.41, 5.74) is 1.31. The molecule has 0 saturated carbocycles. The van der Waals surface area contributed by atoms with Gasteiger partial charge in [0.25, 0.3) is 5.69 Å². The molecule has 0 spiro atoms. The van der Waals surface area contributed by atoms with Gasteiger partial charge in [-0.1, -0.05) is 53.4 Å². The van der Waals surface area contributed by atoms with Crippen molar-refractivity contribution in [2.24, 2.45) is 0 Å². The van der Waals surface area contributed by atoms with E-state index in [-0.39, 0.29) is 23.3 Å². The zero-order valence-corrected chi connectivity index (χ0v) is 17.0. The lowest BCUT2D eigenvalue weighted by Crippen LogP contribution is -2.13. The Morgan fingerprint density at radius 1 is 1.07 bits per heavy atom. The van der Waals surface area contributed by atoms with Gasteiger partial charge in [-0.15, -0.1) is 10.2 Å². The highest BCUT2D eigenvalue weighted by Crippen LogP contribution is 2.25. The van der Waals surface area contributed by atoms with E-state index in [0.29, 0.717) is 15.2 Å². The van der Waals surface area contributed by atoms with E-state index in [1.165, 1.54) is 42.1 Å². The molecular weight excluding hydrogens is 426 g/mol. The van der Waals surface area contributed by atoms with Gasteiger partial charge in [0.15, 0.2) is 4.34 Å². The highest BCUT2D eigenvalue weighted by molar-refractivity contribution is 8.01. The monoisotopic (exact) mass is 441 g/mol. The van der Waals surface area contributed by atoms with Crippen LogP contribution in [0.1, 0.15) is 5.56 Å². The van der Waals surface area contributed by atoms with Crippen molar-refractivity contribution in [3.05, 3.63) is 76.4 Å². The summed E-state index contributed by atoms with van der Waals surface area (Å²) in [5, 5.41) is 24.1. The van der Waals surface area contributed by atoms with Crippen LogP contribution < -0.4 is 10.6 Å². The molecule has 0 aliphatic heterocycles. The maximum absolute atomic E-state index is 12.0. The van der Waals surface area contributed by atoms with Crippen LogP contribution in [0.3, 0.4) is 0 Å². The number of hydrogen-bond donors (Lipinski definition) is 2. The SMILES string of the molecule is O=C(C=Cc1ccccc1)Nc1nnc(SCC(=O)Nc2ccc([N+](=O)[O-])cc2)s1. The zero-order chi connectivity index (χ0) is 21.3. The molecule has 0 unspecified atom stereocenters. The van der Waals surface area contributed by atoms with E-state index in [4.69, 9.17) is 0 Å². The number of hydrogen-bond acceptors (Lipinski definition) is 8. The number of nitro groups is 1. The Morgan fingerprint density at radius 2 is 1.80 bits per heavy atom. The molecular formula is C19H15N5O4S2. The molecule has 2 aromatic carbocycles. The summed E-state index contributed by atoms with van der Waals surface area (Å²) in [6.45, 7) is 0. The highest BCUT2D eigenvalue weighted by atomic mass is 32.2. The van der Waals surface area contributed by atoms with Gasteiger partial charge in [-0.25, -0.2) is 0 Å². The summed E-state index contributed by atoms with van der Waals surface area (Å²) in [6, 6.07) is 15.0. The van der Waals surface area contributed by atoms with Crippen LogP contribution in [0.25, 0.3) is 6.08 Å². The number of nitrogens with zero attached hydrogens (tertiary/aromatic N) is 3. The average molecular weight is 441 g/mol. The van der Waals surface area contributed by atoms with Crippen LogP contribution in [-0.2, 0) is 9.59 Å². The van der Waals surface area contributed by atoms with Gasteiger partial charge in [0.2, 0.25) is 16.9 Å². The van der Waals surface area contributed by atoms with Crippen molar-refractivity contribution in [2.75, 3.05) is 16.4 Å². The maximum Gasteiger partial charge on any atom is 0.269 e. The minimum atomic E-state index is -0.509. The van der Waals surface area contributed by atoms with E-state index in [9.17, 15) is 19.7 Å². The fourth-order valence-corrected chi connectivity index (χ4v) is 3.75. The molecule has 0 bridgehead atoms. The second kappa shape index (κ2) is 10.3. The van der Waals surface area contributed by atoms with Crippen molar-refractivity contribution < 1.29 is 14.5 Å². The largest absolute Gasteiger partial charge is 0.325 e. The summed E-state index contributed by atoms with van der Waals surface area (Å²) in [5.74, 6) is -0.545.